The molecule has 1 aromatic rings. The molecule has 3 nitrogen and oxygen atoms in total. The fraction of sp³-hybridized carbons (Fsp3) is 0.778. The van der Waals surface area contributed by atoms with E-state index in [1.54, 1.807) is 11.3 Å². The molecular weight excluding hydrogens is 184 g/mol. The van der Waals surface area contributed by atoms with Crippen molar-refractivity contribution in [2.24, 2.45) is 5.41 Å². The lowest BCUT2D eigenvalue weighted by molar-refractivity contribution is 0.0634. The zero-order valence-corrected chi connectivity index (χ0v) is 9.35. The topological polar surface area (TPSA) is 46.0 Å². The van der Waals surface area contributed by atoms with Crippen molar-refractivity contribution in [2.75, 3.05) is 0 Å². The molecule has 0 aliphatic carbocycles. The molecule has 0 radical (unpaired) electrons. The van der Waals surface area contributed by atoms with E-state index >= 15 is 0 Å². The van der Waals surface area contributed by atoms with Gasteiger partial charge in [0.25, 0.3) is 0 Å². The van der Waals surface area contributed by atoms with Crippen LogP contribution in [0.25, 0.3) is 0 Å². The molecule has 1 N–H and O–H groups in total. The van der Waals surface area contributed by atoms with Crippen LogP contribution in [-0.2, 0) is 6.42 Å². The van der Waals surface area contributed by atoms with Crippen LogP contribution in [0.4, 0.5) is 0 Å². The molecule has 0 saturated heterocycles. The first-order valence-electron chi connectivity index (χ1n) is 4.36. The van der Waals surface area contributed by atoms with Crippen molar-refractivity contribution in [3.8, 4) is 0 Å². The van der Waals surface area contributed by atoms with Gasteiger partial charge < -0.3 is 5.11 Å². The predicted molar refractivity (Wildman–Crippen MR) is 53.8 cm³/mol. The highest BCUT2D eigenvalue weighted by atomic mass is 32.1. The van der Waals surface area contributed by atoms with Gasteiger partial charge in [-0.25, -0.2) is 0 Å². The second kappa shape index (κ2) is 3.72. The third kappa shape index (κ3) is 3.04. The van der Waals surface area contributed by atoms with Gasteiger partial charge in [-0.3, -0.25) is 0 Å². The van der Waals surface area contributed by atoms with Crippen LogP contribution in [0.5, 0.6) is 0 Å². The van der Waals surface area contributed by atoms with E-state index in [2.05, 4.69) is 10.2 Å². The summed E-state index contributed by atoms with van der Waals surface area (Å²) in [5.74, 6) is 0. The molecule has 1 aromatic heterocycles. The smallest absolute Gasteiger partial charge is 0.120 e. The summed E-state index contributed by atoms with van der Waals surface area (Å²) in [7, 11) is 0. The van der Waals surface area contributed by atoms with Crippen LogP contribution in [0.2, 0.25) is 0 Å². The van der Waals surface area contributed by atoms with E-state index in [9.17, 15) is 5.11 Å². The Balaban J connectivity index is 2.60. The number of rotatable bonds is 2. The molecule has 0 bridgehead atoms. The number of aliphatic hydroxyl groups excluding tert-OH is 1. The summed E-state index contributed by atoms with van der Waals surface area (Å²) in [5, 5.41) is 19.5. The summed E-state index contributed by atoms with van der Waals surface area (Å²) in [6, 6.07) is 0. The van der Waals surface area contributed by atoms with Crippen LogP contribution in [0.3, 0.4) is 0 Å². The van der Waals surface area contributed by atoms with Crippen LogP contribution >= 0.6 is 11.3 Å². The maximum atomic E-state index is 9.79. The standard InChI is InChI=1S/C9H16N2OS/c1-6-10-11-8(13-6)5-7(12)9(2,3)4/h7,12H,5H2,1-4H3. The minimum atomic E-state index is -0.347. The molecule has 1 atom stereocenters. The number of hydrogen-bond acceptors (Lipinski definition) is 4. The lowest BCUT2D eigenvalue weighted by Gasteiger charge is -2.24. The molecule has 0 aromatic carbocycles. The highest BCUT2D eigenvalue weighted by Gasteiger charge is 2.23. The lowest BCUT2D eigenvalue weighted by Crippen LogP contribution is -2.27. The first-order chi connectivity index (χ1) is 5.89. The average molecular weight is 200 g/mol. The molecule has 1 heterocycles. The Hall–Kier alpha value is -0.480. The maximum Gasteiger partial charge on any atom is 0.120 e. The second-order valence-electron chi connectivity index (χ2n) is 4.30. The van der Waals surface area contributed by atoms with Crippen LogP contribution < -0.4 is 0 Å². The van der Waals surface area contributed by atoms with Crippen molar-refractivity contribution in [3.63, 3.8) is 0 Å². The normalized spacial score (nSPS) is 14.5. The van der Waals surface area contributed by atoms with Crippen molar-refractivity contribution in [3.05, 3.63) is 10.0 Å². The molecule has 74 valence electrons. The minimum absolute atomic E-state index is 0.0838. The molecule has 0 saturated carbocycles. The van der Waals surface area contributed by atoms with Crippen molar-refractivity contribution in [1.29, 1.82) is 0 Å². The predicted octanol–water partition coefficient (Wildman–Crippen LogP) is 1.80. The maximum absolute atomic E-state index is 9.79. The highest BCUT2D eigenvalue weighted by molar-refractivity contribution is 7.11. The largest absolute Gasteiger partial charge is 0.392 e. The van der Waals surface area contributed by atoms with Gasteiger partial charge in [-0.2, -0.15) is 0 Å². The Morgan fingerprint density at radius 3 is 2.38 bits per heavy atom. The molecular formula is C9H16N2OS. The van der Waals surface area contributed by atoms with Gasteiger partial charge in [0.1, 0.15) is 10.0 Å². The summed E-state index contributed by atoms with van der Waals surface area (Å²) in [4.78, 5) is 0. The third-order valence-corrected chi connectivity index (χ3v) is 2.80. The van der Waals surface area contributed by atoms with Crippen LogP contribution in [0.1, 0.15) is 30.8 Å². The highest BCUT2D eigenvalue weighted by Crippen LogP contribution is 2.23. The van der Waals surface area contributed by atoms with Crippen molar-refractivity contribution >= 4 is 11.3 Å². The van der Waals surface area contributed by atoms with Gasteiger partial charge in [0, 0.05) is 6.42 Å². The molecule has 0 fully saturated rings. The number of hydrogen-bond donors (Lipinski definition) is 1. The molecule has 0 amide bonds. The Kier molecular flexibility index (Phi) is 3.03. The fourth-order valence-electron chi connectivity index (χ4n) is 0.892. The van der Waals surface area contributed by atoms with Gasteiger partial charge in [-0.1, -0.05) is 20.8 Å². The molecule has 4 heteroatoms. The van der Waals surface area contributed by atoms with Crippen LogP contribution in [-0.4, -0.2) is 21.4 Å². The van der Waals surface area contributed by atoms with Gasteiger partial charge in [-0.15, -0.1) is 21.5 Å². The van der Waals surface area contributed by atoms with E-state index in [4.69, 9.17) is 0 Å². The van der Waals surface area contributed by atoms with Gasteiger partial charge in [0.05, 0.1) is 6.10 Å². The Labute approximate surface area is 82.8 Å². The molecule has 0 spiro atoms. The van der Waals surface area contributed by atoms with Crippen LogP contribution in [0.15, 0.2) is 0 Å². The van der Waals surface area contributed by atoms with Crippen molar-refractivity contribution in [1.82, 2.24) is 10.2 Å². The summed E-state index contributed by atoms with van der Waals surface area (Å²) >= 11 is 1.55. The Morgan fingerprint density at radius 2 is 2.00 bits per heavy atom. The molecule has 0 aliphatic rings. The van der Waals surface area contributed by atoms with E-state index in [1.807, 2.05) is 27.7 Å². The molecule has 13 heavy (non-hydrogen) atoms. The molecule has 1 rings (SSSR count). The lowest BCUT2D eigenvalue weighted by atomic mass is 9.87. The zero-order valence-electron chi connectivity index (χ0n) is 8.53. The Bertz CT molecular complexity index is 277. The number of nitrogens with zero attached hydrogens (tertiary/aromatic N) is 2. The van der Waals surface area contributed by atoms with E-state index in [1.165, 1.54) is 0 Å². The van der Waals surface area contributed by atoms with Gasteiger partial charge in [0.2, 0.25) is 0 Å². The second-order valence-corrected chi connectivity index (χ2v) is 5.57. The van der Waals surface area contributed by atoms with E-state index < -0.39 is 0 Å². The number of aromatic nitrogens is 2. The minimum Gasteiger partial charge on any atom is -0.392 e. The van der Waals surface area contributed by atoms with Gasteiger partial charge >= 0.3 is 0 Å². The van der Waals surface area contributed by atoms with E-state index in [-0.39, 0.29) is 11.5 Å². The fourth-order valence-corrected chi connectivity index (χ4v) is 1.64. The van der Waals surface area contributed by atoms with Crippen LogP contribution in [0, 0.1) is 12.3 Å². The number of aryl methyl sites for hydroxylation is 1. The molecule has 0 aliphatic heterocycles. The molecule has 1 unspecified atom stereocenters. The van der Waals surface area contributed by atoms with Gasteiger partial charge in [-0.05, 0) is 12.3 Å². The summed E-state index contributed by atoms with van der Waals surface area (Å²) in [6.07, 6.45) is 0.259. The first kappa shape index (κ1) is 10.6. The average Bonchev–Trinajstić information content (AvgIpc) is 2.33. The zero-order chi connectivity index (χ0) is 10.1. The SMILES string of the molecule is Cc1nnc(CC(O)C(C)(C)C)s1. The van der Waals surface area contributed by atoms with E-state index in [0.717, 1.165) is 10.0 Å². The summed E-state index contributed by atoms with van der Waals surface area (Å²) in [5.41, 5.74) is -0.0838. The van der Waals surface area contributed by atoms with Gasteiger partial charge in [0.15, 0.2) is 0 Å². The van der Waals surface area contributed by atoms with E-state index in [0.29, 0.717) is 6.42 Å². The first-order valence-corrected chi connectivity index (χ1v) is 5.18. The Morgan fingerprint density at radius 1 is 1.38 bits per heavy atom. The third-order valence-electron chi connectivity index (χ3n) is 1.94. The summed E-state index contributed by atoms with van der Waals surface area (Å²) < 4.78 is 0. The number of aliphatic hydroxyl groups is 1. The van der Waals surface area contributed by atoms with Crippen molar-refractivity contribution in [2.45, 2.75) is 40.2 Å². The van der Waals surface area contributed by atoms with Crippen molar-refractivity contribution < 1.29 is 5.11 Å². The summed E-state index contributed by atoms with van der Waals surface area (Å²) in [6.45, 7) is 7.98. The quantitative estimate of drug-likeness (QED) is 0.791. The monoisotopic (exact) mass is 200 g/mol.